The number of methoxy groups -OCH3 is 1. The van der Waals surface area contributed by atoms with Gasteiger partial charge >= 0.3 is 6.18 Å². The van der Waals surface area contributed by atoms with Crippen molar-refractivity contribution in [2.24, 2.45) is 17.3 Å². The molecule has 16 nitrogen and oxygen atoms in total. The third kappa shape index (κ3) is 11.2. The molecule has 1 unspecified atom stereocenters. The van der Waals surface area contributed by atoms with Crippen LogP contribution in [-0.2, 0) is 48.0 Å². The van der Waals surface area contributed by atoms with Crippen LogP contribution in [0.3, 0.4) is 0 Å². The predicted octanol–water partition coefficient (Wildman–Crippen LogP) is 5.81. The van der Waals surface area contributed by atoms with Crippen molar-refractivity contribution in [3.8, 4) is 28.1 Å². The third-order valence-electron chi connectivity index (χ3n) is 13.5. The highest BCUT2D eigenvalue weighted by Crippen LogP contribution is 2.45. The largest absolute Gasteiger partial charge is 0.508 e. The van der Waals surface area contributed by atoms with Gasteiger partial charge in [0.05, 0.1) is 30.1 Å². The minimum Gasteiger partial charge on any atom is -0.508 e. The number of nitrogens with one attached hydrogen (secondary N) is 3. The van der Waals surface area contributed by atoms with E-state index in [0.29, 0.717) is 60.3 Å². The number of rotatable bonds is 10. The number of pyridine rings is 1. The van der Waals surface area contributed by atoms with Gasteiger partial charge in [0.15, 0.2) is 6.10 Å². The summed E-state index contributed by atoms with van der Waals surface area (Å²) in [5, 5.41) is 30.7. The van der Waals surface area contributed by atoms with E-state index >= 15 is 0 Å². The summed E-state index contributed by atoms with van der Waals surface area (Å²) in [5.74, 6) is -2.69. The highest BCUT2D eigenvalue weighted by Gasteiger charge is 2.45. The van der Waals surface area contributed by atoms with Crippen LogP contribution >= 0.6 is 0 Å². The number of likely N-dealkylation sites (N-methyl/N-ethyl adjacent to an activating group) is 1. The quantitative estimate of drug-likeness (QED) is 0.121. The number of likely N-dealkylation sites (tertiary alicyclic amines) is 1. The minimum absolute atomic E-state index is 0.00153. The second kappa shape index (κ2) is 21.2. The second-order valence-corrected chi connectivity index (χ2v) is 19.6. The van der Waals surface area contributed by atoms with Gasteiger partial charge in [-0.05, 0) is 109 Å². The number of aromatic hydroxyl groups is 1. The lowest BCUT2D eigenvalue weighted by Gasteiger charge is -2.38. The molecule has 3 aliphatic rings. The molecule has 2 fully saturated rings. The Labute approximate surface area is 406 Å². The number of hydrogen-bond acceptors (Lipinski definition) is 11. The van der Waals surface area contributed by atoms with Crippen LogP contribution in [0.4, 0.5) is 13.2 Å². The molecule has 70 heavy (non-hydrogen) atoms. The van der Waals surface area contributed by atoms with Gasteiger partial charge in [-0.25, -0.2) is 5.43 Å². The van der Waals surface area contributed by atoms with Crippen molar-refractivity contribution in [2.75, 3.05) is 40.4 Å². The molecule has 2 aromatic heterocycles. The Morgan fingerprint density at radius 2 is 1.87 bits per heavy atom. The lowest BCUT2D eigenvalue weighted by atomic mass is 9.84. The summed E-state index contributed by atoms with van der Waals surface area (Å²) >= 11 is 0. The Morgan fingerprint density at radius 3 is 2.56 bits per heavy atom. The zero-order valence-corrected chi connectivity index (χ0v) is 40.8. The fourth-order valence-corrected chi connectivity index (χ4v) is 10.2. The summed E-state index contributed by atoms with van der Waals surface area (Å²) in [4.78, 5) is 62.7. The average Bonchev–Trinajstić information content (AvgIpc) is 3.92. The summed E-state index contributed by atoms with van der Waals surface area (Å²) in [6.45, 7) is 14.1. The van der Waals surface area contributed by atoms with Gasteiger partial charge < -0.3 is 39.4 Å². The Balaban J connectivity index is 1.32. The van der Waals surface area contributed by atoms with E-state index in [1.165, 1.54) is 28.2 Å². The molecular weight excluding hydrogens is 910 g/mol. The smallest absolute Gasteiger partial charge is 0.420 e. The lowest BCUT2D eigenvalue weighted by Crippen LogP contribution is -2.64. The van der Waals surface area contributed by atoms with Crippen LogP contribution in [-0.4, -0.2) is 129 Å². The molecule has 3 aliphatic heterocycles. The van der Waals surface area contributed by atoms with Crippen molar-refractivity contribution < 1.29 is 52.0 Å². The summed E-state index contributed by atoms with van der Waals surface area (Å²) in [7, 11) is 2.55. The number of hydrazine groups is 1. The van der Waals surface area contributed by atoms with Crippen LogP contribution in [0.1, 0.15) is 76.8 Å². The van der Waals surface area contributed by atoms with Crippen molar-refractivity contribution in [3.05, 3.63) is 84.2 Å². The van der Waals surface area contributed by atoms with Crippen molar-refractivity contribution in [1.82, 2.24) is 40.4 Å². The number of aliphatic hydroxyl groups is 1. The number of aryl methyl sites for hydroxylation is 1. The van der Waals surface area contributed by atoms with Crippen LogP contribution in [0.25, 0.3) is 33.3 Å². The Hall–Kier alpha value is -5.86. The molecule has 0 saturated carbocycles. The molecule has 6 atom stereocenters. The zero-order valence-electron chi connectivity index (χ0n) is 40.8. The van der Waals surface area contributed by atoms with Crippen molar-refractivity contribution in [1.29, 1.82) is 0 Å². The van der Waals surface area contributed by atoms with E-state index < -0.39 is 60.1 Å². The van der Waals surface area contributed by atoms with E-state index in [9.17, 15) is 42.6 Å². The number of phenolic OH excluding ortho intramolecular Hbond substituents is 1. The van der Waals surface area contributed by atoms with Crippen molar-refractivity contribution >= 4 is 34.5 Å². The first kappa shape index (κ1) is 52.0. The summed E-state index contributed by atoms with van der Waals surface area (Å²) in [6, 6.07) is 11.6. The van der Waals surface area contributed by atoms with Gasteiger partial charge in [-0.3, -0.25) is 34.5 Å². The average molecular weight is 975 g/mol. The van der Waals surface area contributed by atoms with Gasteiger partial charge in [0.25, 0.3) is 5.91 Å². The van der Waals surface area contributed by atoms with Crippen molar-refractivity contribution in [3.63, 3.8) is 0 Å². The minimum atomic E-state index is -4.77. The number of amides is 4. The summed E-state index contributed by atoms with van der Waals surface area (Å²) < 4.78 is 56.8. The number of nitrogens with zero attached hydrogens (tertiary/aromatic N) is 5. The van der Waals surface area contributed by atoms with Gasteiger partial charge in [-0.1, -0.05) is 46.4 Å². The molecule has 7 rings (SSSR count). The fourth-order valence-electron chi connectivity index (χ4n) is 10.2. The number of ether oxygens (including phenoxy) is 2. The van der Waals surface area contributed by atoms with E-state index in [-0.39, 0.29) is 67.3 Å². The first-order chi connectivity index (χ1) is 33.1. The SMILES string of the molecule is C=CC(=O)N1CC[C@H](C(=O)N(C)[C@H](C(=O)N[C@H]2Cc3cc(O)cc(c3)-c3ccc4c(c3)c(c(-c3cccnc3[C@@H](OC)C(F)(F)F)n4CC)CC(C)(C)COC(O)N[C@@H]3CCCN(N3)C2=O)C(C)C)C1. The molecule has 0 aliphatic carbocycles. The Bertz CT molecular complexity index is 2600. The van der Waals surface area contributed by atoms with Crippen LogP contribution in [0.5, 0.6) is 5.75 Å². The monoisotopic (exact) mass is 974 g/mol. The molecule has 0 spiro atoms. The number of carbonyl (C=O) groups excluding carboxylic acids is 4. The molecular formula is C51H65F3N8O8. The fraction of sp³-hybridized carbons (Fsp3) is 0.510. The summed E-state index contributed by atoms with van der Waals surface area (Å²) in [5.41, 5.74) is 6.04. The van der Waals surface area contributed by atoms with Crippen LogP contribution in [0.2, 0.25) is 0 Å². The number of alkyl halides is 3. The van der Waals surface area contributed by atoms with E-state index in [4.69, 9.17) is 9.47 Å². The zero-order chi connectivity index (χ0) is 50.8. The molecule has 6 bridgehead atoms. The van der Waals surface area contributed by atoms with E-state index in [2.05, 4.69) is 27.6 Å². The number of aliphatic hydroxyl groups excluding tert-OH is 1. The topological polar surface area (TPSA) is 191 Å². The first-order valence-corrected chi connectivity index (χ1v) is 23.8. The van der Waals surface area contributed by atoms with E-state index in [0.717, 1.165) is 18.0 Å². The molecule has 5 heterocycles. The normalized spacial score (nSPS) is 22.0. The predicted molar refractivity (Wildman–Crippen MR) is 256 cm³/mol. The number of hydrogen-bond donors (Lipinski definition) is 5. The second-order valence-electron chi connectivity index (χ2n) is 19.6. The number of phenols is 1. The maximum Gasteiger partial charge on any atom is 0.420 e. The third-order valence-corrected chi connectivity index (χ3v) is 13.5. The molecule has 0 radical (unpaired) electrons. The number of aromatic nitrogens is 2. The standard InChI is InChI=1S/C51H65F3N8O8/c1-9-41(64)60-20-17-32(27-60)47(66)59(7)43(29(3)4)46(65)56-38-23-30-21-33(24-34(63)22-30)31-15-16-39-36(25-31)37(26-50(5,6)28-70-49(68)57-40-14-12-19-62(58-40)48(38)67)44(61(39)10-2)35-13-11-18-55-42(35)45(69-8)51(52,53)54/h9,11,13,15-16,18,21-22,24-25,29,32,38,40,43,45,49,57-58,63,68H,1,10,12,14,17,19-20,23,26-28H2,2-8H3,(H,56,65)/t32-,38-,40-,43-,45+,49?/m0/s1. The van der Waals surface area contributed by atoms with Crippen molar-refractivity contribution in [2.45, 2.75) is 110 Å². The molecule has 378 valence electrons. The number of benzene rings is 2. The van der Waals surface area contributed by atoms with E-state index in [1.807, 2.05) is 49.6 Å². The van der Waals surface area contributed by atoms with Gasteiger partial charge in [-0.15, -0.1) is 0 Å². The van der Waals surface area contributed by atoms with Gasteiger partial charge in [-0.2, -0.15) is 13.2 Å². The van der Waals surface area contributed by atoms with Crippen LogP contribution < -0.4 is 16.1 Å². The molecule has 4 aromatic rings. The molecule has 2 saturated heterocycles. The first-order valence-electron chi connectivity index (χ1n) is 23.8. The van der Waals surface area contributed by atoms with E-state index in [1.54, 1.807) is 44.0 Å². The van der Waals surface area contributed by atoms with Crippen LogP contribution in [0.15, 0.2) is 67.4 Å². The number of carbonyl (C=O) groups is 4. The van der Waals surface area contributed by atoms with Gasteiger partial charge in [0.1, 0.15) is 17.8 Å². The van der Waals surface area contributed by atoms with Gasteiger partial charge in [0.2, 0.25) is 24.1 Å². The molecule has 19 heteroatoms. The highest BCUT2D eigenvalue weighted by molar-refractivity contribution is 5.96. The number of halogens is 3. The Morgan fingerprint density at radius 1 is 1.11 bits per heavy atom. The highest BCUT2D eigenvalue weighted by atomic mass is 19.4. The molecule has 5 N–H and O–H groups in total. The lowest BCUT2D eigenvalue weighted by molar-refractivity contribution is -0.217. The molecule has 2 aromatic carbocycles. The van der Waals surface area contributed by atoms with Crippen LogP contribution in [0, 0.1) is 17.3 Å². The maximum atomic E-state index is 14.7. The Kier molecular flexibility index (Phi) is 15.8. The molecule has 4 amide bonds. The number of fused-ring (bicyclic) bond motifs is 6. The van der Waals surface area contributed by atoms with Gasteiger partial charge in [0, 0.05) is 69.4 Å². The summed E-state index contributed by atoms with van der Waals surface area (Å²) in [6.07, 6.45) is -5.09. The maximum absolute atomic E-state index is 14.7.